The van der Waals surface area contributed by atoms with E-state index in [4.69, 9.17) is 9.47 Å². The first-order chi connectivity index (χ1) is 12.3. The Hall–Kier alpha value is -3.14. The summed E-state index contributed by atoms with van der Waals surface area (Å²) in [5.41, 5.74) is -1.05. The number of anilines is 1. The molecule has 0 saturated carbocycles. The van der Waals surface area contributed by atoms with Crippen LogP contribution in [0.1, 0.15) is 10.4 Å². The van der Waals surface area contributed by atoms with Gasteiger partial charge in [-0.05, 0) is 6.07 Å². The van der Waals surface area contributed by atoms with Crippen LogP contribution in [0, 0.1) is 5.82 Å². The van der Waals surface area contributed by atoms with Crippen LogP contribution in [0.25, 0.3) is 0 Å². The van der Waals surface area contributed by atoms with Gasteiger partial charge in [0.1, 0.15) is 12.4 Å². The molecule has 1 heterocycles. The molecule has 0 spiro atoms. The van der Waals surface area contributed by atoms with Gasteiger partial charge in [0.2, 0.25) is 0 Å². The molecule has 140 valence electrons. The number of nitrogens with zero attached hydrogens (tertiary/aromatic N) is 1. The zero-order valence-corrected chi connectivity index (χ0v) is 14.2. The van der Waals surface area contributed by atoms with Crippen LogP contribution in [0.2, 0.25) is 0 Å². The van der Waals surface area contributed by atoms with Gasteiger partial charge >= 0.3 is 17.9 Å². The Kier molecular flexibility index (Phi) is 5.78. The minimum absolute atomic E-state index is 0.182. The number of carboxylic acids is 1. The molecule has 0 fully saturated rings. The first-order valence-electron chi connectivity index (χ1n) is 7.21. The Morgan fingerprint density at radius 2 is 1.81 bits per heavy atom. The number of carboxylic acid groups (broad SMARTS) is 1. The van der Waals surface area contributed by atoms with E-state index in [1.54, 1.807) is 0 Å². The standard InChI is InChI=1S/C16H16FNO8/c1-23-12-4-8(14(19)20)11(5-10(12)17)18-7-26-6-9(15(21)24-2)13(18)16(22)25-3/h4-5H,6-7H2,1-3H3,(H,19,20). The van der Waals surface area contributed by atoms with Crippen molar-refractivity contribution >= 4 is 23.6 Å². The third kappa shape index (κ3) is 3.45. The molecule has 10 heteroatoms. The predicted octanol–water partition coefficient (Wildman–Crippen LogP) is 0.927. The zero-order chi connectivity index (χ0) is 19.4. The smallest absolute Gasteiger partial charge is 0.355 e. The maximum atomic E-state index is 14.2. The summed E-state index contributed by atoms with van der Waals surface area (Å²) in [5.74, 6) is -4.34. The number of rotatable bonds is 5. The van der Waals surface area contributed by atoms with Gasteiger partial charge in [0.15, 0.2) is 11.6 Å². The highest BCUT2D eigenvalue weighted by atomic mass is 19.1. The highest BCUT2D eigenvalue weighted by Crippen LogP contribution is 2.33. The first-order valence-corrected chi connectivity index (χ1v) is 7.21. The molecule has 1 aliphatic heterocycles. The zero-order valence-electron chi connectivity index (χ0n) is 14.2. The van der Waals surface area contributed by atoms with Crippen molar-refractivity contribution in [2.24, 2.45) is 0 Å². The third-order valence-corrected chi connectivity index (χ3v) is 3.62. The number of halogens is 1. The molecule has 1 aromatic carbocycles. The Balaban J connectivity index is 2.72. The van der Waals surface area contributed by atoms with Crippen molar-refractivity contribution < 1.29 is 42.8 Å². The summed E-state index contributed by atoms with van der Waals surface area (Å²) in [7, 11) is 3.38. The molecule has 0 atom stereocenters. The van der Waals surface area contributed by atoms with Crippen LogP contribution >= 0.6 is 0 Å². The van der Waals surface area contributed by atoms with E-state index in [1.807, 2.05) is 0 Å². The normalized spacial score (nSPS) is 14.1. The molecule has 0 bridgehead atoms. The third-order valence-electron chi connectivity index (χ3n) is 3.62. The molecule has 26 heavy (non-hydrogen) atoms. The number of hydrogen-bond donors (Lipinski definition) is 1. The molecule has 0 amide bonds. The minimum atomic E-state index is -1.40. The largest absolute Gasteiger partial charge is 0.494 e. The quantitative estimate of drug-likeness (QED) is 0.757. The van der Waals surface area contributed by atoms with Crippen LogP contribution < -0.4 is 9.64 Å². The molecular weight excluding hydrogens is 353 g/mol. The van der Waals surface area contributed by atoms with Gasteiger partial charge in [-0.3, -0.25) is 0 Å². The minimum Gasteiger partial charge on any atom is -0.494 e. The molecule has 1 aromatic rings. The fourth-order valence-corrected chi connectivity index (χ4v) is 2.43. The summed E-state index contributed by atoms with van der Waals surface area (Å²) in [6, 6.07) is 1.84. The van der Waals surface area contributed by atoms with E-state index >= 15 is 0 Å². The molecule has 0 saturated heterocycles. The molecule has 0 aliphatic carbocycles. The van der Waals surface area contributed by atoms with Gasteiger partial charge in [-0.1, -0.05) is 0 Å². The second-order valence-corrected chi connectivity index (χ2v) is 5.02. The van der Waals surface area contributed by atoms with Crippen molar-refractivity contribution in [1.29, 1.82) is 0 Å². The molecule has 2 rings (SSSR count). The van der Waals surface area contributed by atoms with E-state index in [0.29, 0.717) is 0 Å². The summed E-state index contributed by atoms with van der Waals surface area (Å²) >= 11 is 0. The van der Waals surface area contributed by atoms with Crippen LogP contribution in [0.4, 0.5) is 10.1 Å². The van der Waals surface area contributed by atoms with Crippen molar-refractivity contribution in [3.63, 3.8) is 0 Å². The average molecular weight is 369 g/mol. The van der Waals surface area contributed by atoms with Crippen LogP contribution in [0.3, 0.4) is 0 Å². The number of esters is 2. The summed E-state index contributed by atoms with van der Waals surface area (Å²) in [4.78, 5) is 36.8. The number of ether oxygens (including phenoxy) is 4. The van der Waals surface area contributed by atoms with Gasteiger partial charge in [-0.15, -0.1) is 0 Å². The molecule has 0 aromatic heterocycles. The van der Waals surface area contributed by atoms with Crippen molar-refractivity contribution in [2.45, 2.75) is 0 Å². The van der Waals surface area contributed by atoms with Gasteiger partial charge in [-0.25, -0.2) is 18.8 Å². The van der Waals surface area contributed by atoms with Gasteiger partial charge < -0.3 is 29.0 Å². The molecular formula is C16H16FNO8. The number of hydrogen-bond acceptors (Lipinski definition) is 8. The second-order valence-electron chi connectivity index (χ2n) is 5.02. The van der Waals surface area contributed by atoms with E-state index in [1.165, 1.54) is 7.11 Å². The fourth-order valence-electron chi connectivity index (χ4n) is 2.43. The van der Waals surface area contributed by atoms with E-state index in [2.05, 4.69) is 9.47 Å². The lowest BCUT2D eigenvalue weighted by Gasteiger charge is -2.32. The SMILES string of the molecule is COC(=O)C1=C(C(=O)OC)N(c2cc(F)c(OC)cc2C(=O)O)COC1. The predicted molar refractivity (Wildman–Crippen MR) is 84.3 cm³/mol. The topological polar surface area (TPSA) is 112 Å². The van der Waals surface area contributed by atoms with Crippen molar-refractivity contribution in [3.8, 4) is 5.75 Å². The van der Waals surface area contributed by atoms with E-state index < -0.39 is 23.7 Å². The summed E-state index contributed by atoms with van der Waals surface area (Å²) < 4.78 is 33.5. The highest BCUT2D eigenvalue weighted by Gasteiger charge is 2.34. The van der Waals surface area contributed by atoms with E-state index in [-0.39, 0.29) is 41.6 Å². The van der Waals surface area contributed by atoms with E-state index in [0.717, 1.165) is 31.3 Å². The van der Waals surface area contributed by atoms with Crippen LogP contribution in [0.5, 0.6) is 5.75 Å². The van der Waals surface area contributed by atoms with Crippen molar-refractivity contribution in [2.75, 3.05) is 39.6 Å². The van der Waals surface area contributed by atoms with E-state index in [9.17, 15) is 23.9 Å². The number of benzene rings is 1. The Morgan fingerprint density at radius 3 is 2.35 bits per heavy atom. The van der Waals surface area contributed by atoms with Gasteiger partial charge in [0, 0.05) is 6.07 Å². The van der Waals surface area contributed by atoms with Gasteiger partial charge in [0.05, 0.1) is 44.8 Å². The number of aromatic carboxylic acids is 1. The molecule has 1 aliphatic rings. The Labute approximate surface area is 147 Å². The highest BCUT2D eigenvalue weighted by molar-refractivity contribution is 6.05. The molecule has 0 radical (unpaired) electrons. The van der Waals surface area contributed by atoms with Crippen molar-refractivity contribution in [1.82, 2.24) is 0 Å². The number of methoxy groups -OCH3 is 3. The number of carbonyl (C=O) groups is 3. The second kappa shape index (κ2) is 7.83. The Morgan fingerprint density at radius 1 is 1.15 bits per heavy atom. The number of carbonyl (C=O) groups excluding carboxylic acids is 2. The fraction of sp³-hybridized carbons (Fsp3) is 0.312. The van der Waals surface area contributed by atoms with Crippen LogP contribution in [-0.4, -0.2) is 57.7 Å². The maximum absolute atomic E-state index is 14.2. The summed E-state index contributed by atoms with van der Waals surface area (Å²) in [6.45, 7) is -0.564. The molecule has 9 nitrogen and oxygen atoms in total. The first kappa shape index (κ1) is 19.2. The van der Waals surface area contributed by atoms with Crippen LogP contribution in [-0.2, 0) is 23.8 Å². The van der Waals surface area contributed by atoms with Gasteiger partial charge in [-0.2, -0.15) is 0 Å². The monoisotopic (exact) mass is 369 g/mol. The average Bonchev–Trinajstić information content (AvgIpc) is 2.65. The van der Waals surface area contributed by atoms with Gasteiger partial charge in [0.25, 0.3) is 0 Å². The lowest BCUT2D eigenvalue weighted by atomic mass is 10.1. The van der Waals surface area contributed by atoms with Crippen molar-refractivity contribution in [3.05, 3.63) is 34.8 Å². The lowest BCUT2D eigenvalue weighted by molar-refractivity contribution is -0.140. The van der Waals surface area contributed by atoms with Crippen LogP contribution in [0.15, 0.2) is 23.4 Å². The summed E-state index contributed by atoms with van der Waals surface area (Å²) in [5, 5.41) is 9.44. The lowest BCUT2D eigenvalue weighted by Crippen LogP contribution is -2.39. The maximum Gasteiger partial charge on any atom is 0.355 e. The summed E-state index contributed by atoms with van der Waals surface area (Å²) in [6.07, 6.45) is 0. The molecule has 0 unspecified atom stereocenters. The molecule has 1 N–H and O–H groups in total. The Bertz CT molecular complexity index is 789.